The van der Waals surface area contributed by atoms with Gasteiger partial charge in [-0.2, -0.15) is 0 Å². The number of aromatic nitrogens is 2. The van der Waals surface area contributed by atoms with Crippen LogP contribution in [-0.4, -0.2) is 21.5 Å². The molecule has 4 rings (SSSR count). The fourth-order valence-corrected chi connectivity index (χ4v) is 5.09. The molecule has 1 atom stereocenters. The number of nitrogens with one attached hydrogen (secondary N) is 1. The van der Waals surface area contributed by atoms with Crippen LogP contribution >= 0.6 is 11.3 Å². The van der Waals surface area contributed by atoms with Gasteiger partial charge >= 0.3 is 0 Å². The van der Waals surface area contributed by atoms with Gasteiger partial charge in [-0.3, -0.25) is 14.2 Å². The van der Waals surface area contributed by atoms with Crippen LogP contribution in [0.15, 0.2) is 41.5 Å². The van der Waals surface area contributed by atoms with Gasteiger partial charge in [0.15, 0.2) is 0 Å². The van der Waals surface area contributed by atoms with E-state index in [-0.39, 0.29) is 24.1 Å². The van der Waals surface area contributed by atoms with Crippen LogP contribution in [0.1, 0.15) is 42.2 Å². The van der Waals surface area contributed by atoms with Crippen molar-refractivity contribution in [3.05, 3.63) is 63.0 Å². The smallest absolute Gasteiger partial charge is 0.262 e. The van der Waals surface area contributed by atoms with E-state index >= 15 is 0 Å². The summed E-state index contributed by atoms with van der Waals surface area (Å²) in [6, 6.07) is 10.3. The highest BCUT2D eigenvalue weighted by Crippen LogP contribution is 2.33. The maximum absolute atomic E-state index is 12.9. The van der Waals surface area contributed by atoms with Gasteiger partial charge in [-0.25, -0.2) is 4.98 Å². The van der Waals surface area contributed by atoms with Gasteiger partial charge in [-0.05, 0) is 56.6 Å². The second kappa shape index (κ2) is 8.27. The molecule has 0 radical (unpaired) electrons. The van der Waals surface area contributed by atoms with Gasteiger partial charge in [0.25, 0.3) is 5.56 Å². The topological polar surface area (TPSA) is 64.0 Å². The van der Waals surface area contributed by atoms with Crippen LogP contribution in [0, 0.1) is 0 Å². The average molecular weight is 396 g/mol. The van der Waals surface area contributed by atoms with Crippen LogP contribution in [0.3, 0.4) is 0 Å². The Balaban J connectivity index is 1.42. The van der Waals surface area contributed by atoms with Gasteiger partial charge in [0.05, 0.1) is 11.7 Å². The highest BCUT2D eigenvalue weighted by atomic mass is 32.1. The van der Waals surface area contributed by atoms with E-state index in [4.69, 9.17) is 0 Å². The van der Waals surface area contributed by atoms with Crippen LogP contribution in [0.5, 0.6) is 0 Å². The fraction of sp³-hybridized carbons (Fsp3) is 0.409. The highest BCUT2D eigenvalue weighted by molar-refractivity contribution is 7.18. The monoisotopic (exact) mass is 395 g/mol. The minimum absolute atomic E-state index is 0.0159. The van der Waals surface area contributed by atoms with Crippen LogP contribution < -0.4 is 10.9 Å². The average Bonchev–Trinajstić information content (AvgIpc) is 3.08. The normalized spacial score (nSPS) is 14.6. The van der Waals surface area contributed by atoms with Crippen molar-refractivity contribution in [2.75, 3.05) is 0 Å². The van der Waals surface area contributed by atoms with E-state index in [0.717, 1.165) is 47.9 Å². The SMILES string of the molecule is C[C@H](CCc1ccccc1)NC(=O)Cn1cnc2sc3c(c2c1=O)CCCC3. The first-order valence-electron chi connectivity index (χ1n) is 9.95. The summed E-state index contributed by atoms with van der Waals surface area (Å²) in [5.74, 6) is -0.145. The lowest BCUT2D eigenvalue weighted by molar-refractivity contribution is -0.122. The third-order valence-corrected chi connectivity index (χ3v) is 6.57. The molecule has 1 amide bonds. The number of thiophene rings is 1. The zero-order valence-corrected chi connectivity index (χ0v) is 16.9. The van der Waals surface area contributed by atoms with Crippen LogP contribution in [0.4, 0.5) is 0 Å². The van der Waals surface area contributed by atoms with Crippen molar-refractivity contribution in [1.82, 2.24) is 14.9 Å². The summed E-state index contributed by atoms with van der Waals surface area (Å²) in [5.41, 5.74) is 2.34. The molecule has 0 spiro atoms. The number of rotatable bonds is 6. The number of carbonyl (C=O) groups excluding carboxylic acids is 1. The molecule has 0 saturated carbocycles. The highest BCUT2D eigenvalue weighted by Gasteiger charge is 2.20. The van der Waals surface area contributed by atoms with Crippen molar-refractivity contribution in [2.45, 2.75) is 58.0 Å². The summed E-state index contributed by atoms with van der Waals surface area (Å²) in [4.78, 5) is 32.0. The standard InChI is InChI=1S/C22H25N3O2S/c1-15(11-12-16-7-3-2-4-8-16)24-19(26)13-25-14-23-21-20(22(25)27)17-9-5-6-10-18(17)28-21/h2-4,7-8,14-15H,5-6,9-13H2,1H3,(H,24,26)/t15-/m1/s1. The third kappa shape index (κ3) is 4.02. The van der Waals surface area contributed by atoms with E-state index in [0.29, 0.717) is 0 Å². The molecule has 146 valence electrons. The third-order valence-electron chi connectivity index (χ3n) is 5.37. The van der Waals surface area contributed by atoms with Crippen molar-refractivity contribution in [3.63, 3.8) is 0 Å². The van der Waals surface area contributed by atoms with Gasteiger partial charge < -0.3 is 5.32 Å². The second-order valence-electron chi connectivity index (χ2n) is 7.56. The molecule has 0 saturated heterocycles. The predicted octanol–water partition coefficient (Wildman–Crippen LogP) is 3.47. The molecule has 1 N–H and O–H groups in total. The van der Waals surface area contributed by atoms with Crippen LogP contribution in [0.25, 0.3) is 10.2 Å². The maximum atomic E-state index is 12.9. The molecule has 0 bridgehead atoms. The van der Waals surface area contributed by atoms with Crippen molar-refractivity contribution < 1.29 is 4.79 Å². The first-order chi connectivity index (χ1) is 13.6. The van der Waals surface area contributed by atoms with E-state index in [9.17, 15) is 9.59 Å². The Labute approximate surface area is 168 Å². The Hall–Kier alpha value is -2.47. The van der Waals surface area contributed by atoms with Crippen molar-refractivity contribution >= 4 is 27.5 Å². The zero-order valence-electron chi connectivity index (χ0n) is 16.1. The molecular weight excluding hydrogens is 370 g/mol. The number of carbonyl (C=O) groups is 1. The molecule has 1 aliphatic carbocycles. The number of amides is 1. The Bertz CT molecular complexity index is 1040. The molecule has 6 heteroatoms. The number of fused-ring (bicyclic) bond motifs is 3. The van der Waals surface area contributed by atoms with Crippen molar-refractivity contribution in [2.24, 2.45) is 0 Å². The number of aryl methyl sites for hydroxylation is 3. The molecule has 28 heavy (non-hydrogen) atoms. The van der Waals surface area contributed by atoms with E-state index in [1.54, 1.807) is 11.3 Å². The summed E-state index contributed by atoms with van der Waals surface area (Å²) in [6.45, 7) is 2.02. The van der Waals surface area contributed by atoms with Gasteiger partial charge in [0.1, 0.15) is 11.4 Å². The number of hydrogen-bond acceptors (Lipinski definition) is 4. The zero-order chi connectivity index (χ0) is 19.5. The quantitative estimate of drug-likeness (QED) is 0.695. The molecule has 1 aliphatic rings. The van der Waals surface area contributed by atoms with Gasteiger partial charge in [0, 0.05) is 10.9 Å². The van der Waals surface area contributed by atoms with E-state index in [1.165, 1.54) is 27.8 Å². The molecule has 0 fully saturated rings. The number of benzene rings is 1. The maximum Gasteiger partial charge on any atom is 0.262 e. The fourth-order valence-electron chi connectivity index (χ4n) is 3.87. The first kappa shape index (κ1) is 18.9. The number of nitrogens with zero attached hydrogens (tertiary/aromatic N) is 2. The molecule has 0 aliphatic heterocycles. The van der Waals surface area contributed by atoms with E-state index < -0.39 is 0 Å². The summed E-state index contributed by atoms with van der Waals surface area (Å²) in [6.07, 6.45) is 7.57. The summed E-state index contributed by atoms with van der Waals surface area (Å²) < 4.78 is 1.45. The molecule has 3 aromatic rings. The lowest BCUT2D eigenvalue weighted by atomic mass is 9.97. The predicted molar refractivity (Wildman–Crippen MR) is 113 cm³/mol. The number of hydrogen-bond donors (Lipinski definition) is 1. The van der Waals surface area contributed by atoms with Crippen molar-refractivity contribution in [3.8, 4) is 0 Å². The van der Waals surface area contributed by atoms with Gasteiger partial charge in [0.2, 0.25) is 5.91 Å². The van der Waals surface area contributed by atoms with Crippen molar-refractivity contribution in [1.29, 1.82) is 0 Å². The Morgan fingerprint density at radius 3 is 2.86 bits per heavy atom. The van der Waals surface area contributed by atoms with E-state index in [1.807, 2.05) is 25.1 Å². The lowest BCUT2D eigenvalue weighted by Crippen LogP contribution is -2.37. The second-order valence-corrected chi connectivity index (χ2v) is 8.65. The molecule has 2 aromatic heterocycles. The molecule has 5 nitrogen and oxygen atoms in total. The van der Waals surface area contributed by atoms with Crippen LogP contribution in [0.2, 0.25) is 0 Å². The molecule has 2 heterocycles. The van der Waals surface area contributed by atoms with Gasteiger partial charge in [-0.1, -0.05) is 30.3 Å². The Morgan fingerprint density at radius 1 is 1.25 bits per heavy atom. The Kier molecular flexibility index (Phi) is 5.57. The molecular formula is C22H25N3O2S. The summed E-state index contributed by atoms with van der Waals surface area (Å²) >= 11 is 1.63. The largest absolute Gasteiger partial charge is 0.352 e. The van der Waals surface area contributed by atoms with Crippen LogP contribution in [-0.2, 0) is 30.6 Å². The molecule has 1 aromatic carbocycles. The summed E-state index contributed by atoms with van der Waals surface area (Å²) in [7, 11) is 0. The van der Waals surface area contributed by atoms with Gasteiger partial charge in [-0.15, -0.1) is 11.3 Å². The first-order valence-corrected chi connectivity index (χ1v) is 10.8. The molecule has 0 unspecified atom stereocenters. The van der Waals surface area contributed by atoms with E-state index in [2.05, 4.69) is 22.4 Å². The minimum Gasteiger partial charge on any atom is -0.352 e. The lowest BCUT2D eigenvalue weighted by Gasteiger charge is -2.15. The minimum atomic E-state index is -0.145. The Morgan fingerprint density at radius 2 is 2.04 bits per heavy atom. The summed E-state index contributed by atoms with van der Waals surface area (Å²) in [5, 5.41) is 3.74.